The summed E-state index contributed by atoms with van der Waals surface area (Å²) >= 11 is 0. The molecule has 1 aromatic carbocycles. The van der Waals surface area contributed by atoms with Crippen molar-refractivity contribution in [3.63, 3.8) is 0 Å². The number of ether oxygens (including phenoxy) is 2. The van der Waals surface area contributed by atoms with E-state index >= 15 is 0 Å². The Balaban J connectivity index is 0.000000468. The fraction of sp³-hybridized carbons (Fsp3) is 0.368. The van der Waals surface area contributed by atoms with Crippen molar-refractivity contribution >= 4 is 11.9 Å². The molecule has 4 nitrogen and oxygen atoms in total. The van der Waals surface area contributed by atoms with Gasteiger partial charge in [0.1, 0.15) is 0 Å². The molecule has 0 aliphatic rings. The third kappa shape index (κ3) is 11.9. The summed E-state index contributed by atoms with van der Waals surface area (Å²) in [5.41, 5.74) is 1.61. The molecule has 0 unspecified atom stereocenters. The lowest BCUT2D eigenvalue weighted by atomic mass is 10.2. The largest absolute Gasteiger partial charge is 0.463 e. The number of benzene rings is 1. The number of unbranched alkanes of at least 4 members (excludes halogenated alkanes) is 1. The number of carbonyl (C=O) groups excluding carboxylic acids is 2. The maximum atomic E-state index is 11.0. The van der Waals surface area contributed by atoms with E-state index in [0.717, 1.165) is 19.3 Å². The summed E-state index contributed by atoms with van der Waals surface area (Å²) in [6.07, 6.45) is 3.90. The van der Waals surface area contributed by atoms with Crippen molar-refractivity contribution in [3.8, 4) is 0 Å². The first-order chi connectivity index (χ1) is 11.0. The molecule has 0 bridgehead atoms. The van der Waals surface area contributed by atoms with Gasteiger partial charge >= 0.3 is 11.9 Å². The predicted octanol–water partition coefficient (Wildman–Crippen LogP) is 3.86. The predicted molar refractivity (Wildman–Crippen MR) is 92.0 cm³/mol. The Hall–Kier alpha value is -2.36. The molecule has 0 amide bonds. The molecule has 0 N–H and O–H groups in total. The van der Waals surface area contributed by atoms with E-state index in [4.69, 9.17) is 4.74 Å². The summed E-state index contributed by atoms with van der Waals surface area (Å²) in [5, 5.41) is 0. The van der Waals surface area contributed by atoms with Gasteiger partial charge in [-0.3, -0.25) is 0 Å². The Kier molecular flexibility index (Phi) is 11.9. The van der Waals surface area contributed by atoms with Crippen molar-refractivity contribution < 1.29 is 19.1 Å². The maximum absolute atomic E-state index is 11.0. The van der Waals surface area contributed by atoms with E-state index in [9.17, 15) is 9.59 Å². The lowest BCUT2D eigenvalue weighted by Gasteiger charge is -2.03. The molecule has 0 aliphatic heterocycles. The van der Waals surface area contributed by atoms with Gasteiger partial charge in [-0.15, -0.1) is 0 Å². The molecular weight excluding hydrogens is 292 g/mol. The molecule has 0 atom stereocenters. The number of carbonyl (C=O) groups is 2. The van der Waals surface area contributed by atoms with Crippen molar-refractivity contribution in [1.82, 2.24) is 0 Å². The van der Waals surface area contributed by atoms with E-state index in [1.165, 1.54) is 11.6 Å². The third-order valence-corrected chi connectivity index (χ3v) is 2.72. The lowest BCUT2D eigenvalue weighted by molar-refractivity contribution is -0.139. The number of rotatable bonds is 8. The lowest BCUT2D eigenvalue weighted by Crippen LogP contribution is -2.07. The van der Waals surface area contributed by atoms with Crippen molar-refractivity contribution in [2.75, 3.05) is 13.2 Å². The second-order valence-electron chi connectivity index (χ2n) is 4.88. The van der Waals surface area contributed by atoms with E-state index in [-0.39, 0.29) is 11.9 Å². The highest BCUT2D eigenvalue weighted by molar-refractivity contribution is 5.86. The minimum atomic E-state index is -0.330. The highest BCUT2D eigenvalue weighted by Crippen LogP contribution is 2.00. The van der Waals surface area contributed by atoms with Crippen LogP contribution in [-0.4, -0.2) is 25.2 Å². The van der Waals surface area contributed by atoms with Crippen molar-refractivity contribution in [1.29, 1.82) is 0 Å². The normalized spacial score (nSPS) is 9.13. The summed E-state index contributed by atoms with van der Waals surface area (Å²) in [6.45, 7) is 11.4. The van der Waals surface area contributed by atoms with Crippen LogP contribution in [0.5, 0.6) is 0 Å². The second-order valence-corrected chi connectivity index (χ2v) is 4.88. The van der Waals surface area contributed by atoms with Crippen molar-refractivity contribution in [2.45, 2.75) is 33.1 Å². The van der Waals surface area contributed by atoms with Crippen molar-refractivity contribution in [3.05, 3.63) is 60.7 Å². The highest BCUT2D eigenvalue weighted by Gasteiger charge is 2.01. The molecule has 0 aromatic heterocycles. The van der Waals surface area contributed by atoms with E-state index < -0.39 is 0 Å². The average Bonchev–Trinajstić information content (AvgIpc) is 2.56. The Bertz CT molecular complexity index is 491. The van der Waals surface area contributed by atoms with Crippen LogP contribution >= 0.6 is 0 Å². The summed E-state index contributed by atoms with van der Waals surface area (Å²) in [5.74, 6) is -0.649. The molecule has 0 heterocycles. The molecule has 0 fully saturated rings. The van der Waals surface area contributed by atoms with Crippen molar-refractivity contribution in [2.24, 2.45) is 0 Å². The molecule has 0 radical (unpaired) electrons. The molecule has 4 heteroatoms. The average molecular weight is 318 g/mol. The van der Waals surface area contributed by atoms with Crippen LogP contribution in [0.3, 0.4) is 0 Å². The summed E-state index contributed by atoms with van der Waals surface area (Å²) in [4.78, 5) is 21.4. The fourth-order valence-corrected chi connectivity index (χ4v) is 1.41. The van der Waals surface area contributed by atoms with Gasteiger partial charge < -0.3 is 9.47 Å². The summed E-state index contributed by atoms with van der Waals surface area (Å²) < 4.78 is 9.64. The number of hydrogen-bond donors (Lipinski definition) is 0. The SMILES string of the molecule is C=C(C)C(=O)OCCc1ccccc1.C=CC(=O)OCCCC. The Morgan fingerprint density at radius 2 is 1.78 bits per heavy atom. The van der Waals surface area contributed by atoms with Gasteiger partial charge in [0.15, 0.2) is 0 Å². The molecule has 0 saturated heterocycles. The van der Waals surface area contributed by atoms with Gasteiger partial charge in [0, 0.05) is 18.1 Å². The smallest absolute Gasteiger partial charge is 0.333 e. The summed E-state index contributed by atoms with van der Waals surface area (Å²) in [7, 11) is 0. The first kappa shape index (κ1) is 20.6. The first-order valence-electron chi connectivity index (χ1n) is 7.67. The molecule has 126 valence electrons. The van der Waals surface area contributed by atoms with Crippen LogP contribution in [0.2, 0.25) is 0 Å². The second kappa shape index (κ2) is 13.3. The van der Waals surface area contributed by atoms with Crippen LogP contribution in [0.15, 0.2) is 55.1 Å². The Labute approximate surface area is 138 Å². The van der Waals surface area contributed by atoms with Gasteiger partial charge in [-0.05, 0) is 18.9 Å². The van der Waals surface area contributed by atoms with Crippen LogP contribution in [0.25, 0.3) is 0 Å². The zero-order chi connectivity index (χ0) is 17.5. The molecule has 1 aromatic rings. The quantitative estimate of drug-likeness (QED) is 0.415. The Morgan fingerprint density at radius 1 is 1.13 bits per heavy atom. The molecule has 0 aliphatic carbocycles. The Morgan fingerprint density at radius 3 is 2.30 bits per heavy atom. The van der Waals surface area contributed by atoms with Gasteiger partial charge in [-0.25, -0.2) is 9.59 Å². The minimum absolute atomic E-state index is 0.319. The van der Waals surface area contributed by atoms with Crippen LogP contribution < -0.4 is 0 Å². The van der Waals surface area contributed by atoms with E-state index in [1.54, 1.807) is 6.92 Å². The van der Waals surface area contributed by atoms with E-state index in [0.29, 0.717) is 18.8 Å². The van der Waals surface area contributed by atoms with Crippen LogP contribution in [0, 0.1) is 0 Å². The monoisotopic (exact) mass is 318 g/mol. The fourth-order valence-electron chi connectivity index (χ4n) is 1.41. The van der Waals surface area contributed by atoms with Gasteiger partial charge in [-0.2, -0.15) is 0 Å². The number of hydrogen-bond acceptors (Lipinski definition) is 4. The summed E-state index contributed by atoms with van der Waals surface area (Å²) in [6, 6.07) is 9.92. The van der Waals surface area contributed by atoms with E-state index in [2.05, 4.69) is 17.9 Å². The van der Waals surface area contributed by atoms with Gasteiger partial charge in [0.2, 0.25) is 0 Å². The number of esters is 2. The molecule has 0 saturated carbocycles. The van der Waals surface area contributed by atoms with Gasteiger partial charge in [-0.1, -0.05) is 56.8 Å². The van der Waals surface area contributed by atoms with Gasteiger partial charge in [0.25, 0.3) is 0 Å². The van der Waals surface area contributed by atoms with Crippen LogP contribution in [0.4, 0.5) is 0 Å². The molecule has 23 heavy (non-hydrogen) atoms. The minimum Gasteiger partial charge on any atom is -0.463 e. The zero-order valence-corrected chi connectivity index (χ0v) is 14.0. The molecule has 0 spiro atoms. The molecule has 1 rings (SSSR count). The maximum Gasteiger partial charge on any atom is 0.333 e. The topological polar surface area (TPSA) is 52.6 Å². The molecular formula is C19H26O4. The third-order valence-electron chi connectivity index (χ3n) is 2.72. The van der Waals surface area contributed by atoms with E-state index in [1.807, 2.05) is 37.3 Å². The highest BCUT2D eigenvalue weighted by atomic mass is 16.5. The van der Waals surface area contributed by atoms with Gasteiger partial charge in [0.05, 0.1) is 13.2 Å². The van der Waals surface area contributed by atoms with Crippen LogP contribution in [-0.2, 0) is 25.5 Å². The zero-order valence-electron chi connectivity index (χ0n) is 14.0. The standard InChI is InChI=1S/C12H14O2.C7H12O2/c1-10(2)12(13)14-9-8-11-6-4-3-5-7-11;1-3-5-6-9-7(8)4-2/h3-7H,1,8-9H2,2H3;4H,2-3,5-6H2,1H3. The van der Waals surface area contributed by atoms with Crippen LogP contribution in [0.1, 0.15) is 32.3 Å². The first-order valence-corrected chi connectivity index (χ1v) is 7.67.